The van der Waals surface area contributed by atoms with Gasteiger partial charge in [-0.25, -0.2) is 19.5 Å². The van der Waals surface area contributed by atoms with Crippen LogP contribution in [0.3, 0.4) is 0 Å². The molecule has 2 heterocycles. The number of carboxylic acid groups (broad SMARTS) is 1. The molecule has 200 valence electrons. The van der Waals surface area contributed by atoms with Crippen LogP contribution < -0.4 is 5.32 Å². The maximum atomic E-state index is 13.3. The number of carbonyl (C=O) groups is 2. The third kappa shape index (κ3) is 5.27. The Bertz CT molecular complexity index is 1120. The summed E-state index contributed by atoms with van der Waals surface area (Å²) in [5.74, 6) is 0.0479. The molecule has 14 heteroatoms. The number of nitrogens with zero attached hydrogens (tertiary/aromatic N) is 3. The molecular formula is C22H26F6N4O3S. The minimum Gasteiger partial charge on any atom is -0.465 e. The Labute approximate surface area is 204 Å². The number of carbonyl (C=O) groups excluding carboxylic acids is 1. The second-order valence-corrected chi connectivity index (χ2v) is 13.5. The first kappa shape index (κ1) is 27.7. The molecule has 1 unspecified atom stereocenters. The molecule has 1 fully saturated rings. The zero-order valence-electron chi connectivity index (χ0n) is 19.8. The van der Waals surface area contributed by atoms with Gasteiger partial charge >= 0.3 is 18.4 Å². The zero-order valence-corrected chi connectivity index (χ0v) is 20.6. The predicted molar refractivity (Wildman–Crippen MR) is 123 cm³/mol. The lowest BCUT2D eigenvalue weighted by Gasteiger charge is -2.43. The van der Waals surface area contributed by atoms with Gasteiger partial charge in [-0.05, 0) is 34.8 Å². The van der Waals surface area contributed by atoms with E-state index in [9.17, 15) is 41.0 Å². The first-order chi connectivity index (χ1) is 16.5. The fraction of sp³-hybridized carbons (Fsp3) is 0.500. The smallest absolute Gasteiger partial charge is 0.435 e. The van der Waals surface area contributed by atoms with E-state index in [4.69, 9.17) is 0 Å². The van der Waals surface area contributed by atoms with Crippen molar-refractivity contribution in [3.63, 3.8) is 0 Å². The van der Waals surface area contributed by atoms with Gasteiger partial charge in [0.15, 0.2) is 5.69 Å². The van der Waals surface area contributed by atoms with Gasteiger partial charge in [-0.15, -0.1) is 0 Å². The van der Waals surface area contributed by atoms with Crippen LogP contribution in [-0.4, -0.2) is 60.0 Å². The second-order valence-electron chi connectivity index (χ2n) is 9.03. The van der Waals surface area contributed by atoms with Crippen molar-refractivity contribution >= 4 is 27.7 Å². The number of benzene rings is 1. The van der Waals surface area contributed by atoms with E-state index >= 15 is 0 Å². The first-order valence-electron chi connectivity index (χ1n) is 10.9. The summed E-state index contributed by atoms with van der Waals surface area (Å²) in [6, 6.07) is 3.58. The maximum Gasteiger partial charge on any atom is 0.435 e. The molecule has 0 saturated carbocycles. The highest BCUT2D eigenvalue weighted by Gasteiger charge is 2.48. The first-order valence-corrected chi connectivity index (χ1v) is 13.0. The summed E-state index contributed by atoms with van der Waals surface area (Å²) >= 11 is 0. The van der Waals surface area contributed by atoms with Gasteiger partial charge in [-0.2, -0.15) is 31.4 Å². The average molecular weight is 541 g/mol. The standard InChI is InChI=1S/C22H26F6N4O3S/c1-12(2)36(13(3)4)10-16(31(11-36)20(34)35)19(33)29-14-5-7-15(8-6-14)32-18(22(26,27)28)9-17(30-32)21(23,24)25/h5-9,12-13,16H,10-11H2,1-4H3,(H,29,33)(H,34,35). The van der Waals surface area contributed by atoms with E-state index in [2.05, 4.69) is 10.4 Å². The molecule has 1 aromatic heterocycles. The molecule has 1 atom stereocenters. The molecule has 36 heavy (non-hydrogen) atoms. The Kier molecular flexibility index (Phi) is 7.32. The molecule has 7 nitrogen and oxygen atoms in total. The van der Waals surface area contributed by atoms with Crippen molar-refractivity contribution in [3.05, 3.63) is 41.7 Å². The molecule has 1 aliphatic heterocycles. The van der Waals surface area contributed by atoms with Gasteiger partial charge in [0.25, 0.3) is 0 Å². The van der Waals surface area contributed by atoms with E-state index < -0.39 is 51.8 Å². The fourth-order valence-corrected chi connectivity index (χ4v) is 8.54. The number of hydrogen-bond donors (Lipinski definition) is 2. The van der Waals surface area contributed by atoms with E-state index in [1.807, 2.05) is 27.7 Å². The number of anilines is 1. The van der Waals surface area contributed by atoms with E-state index in [0.717, 1.165) is 17.0 Å². The number of halogens is 6. The number of amides is 2. The maximum absolute atomic E-state index is 13.3. The number of hydrogen-bond acceptors (Lipinski definition) is 3. The molecular weight excluding hydrogens is 514 g/mol. The molecule has 2 N–H and O–H groups in total. The van der Waals surface area contributed by atoms with Crippen LogP contribution in [0.5, 0.6) is 0 Å². The lowest BCUT2D eigenvalue weighted by Crippen LogP contribution is -2.43. The van der Waals surface area contributed by atoms with Gasteiger partial charge in [-0.1, -0.05) is 27.7 Å². The van der Waals surface area contributed by atoms with Crippen molar-refractivity contribution in [3.8, 4) is 5.69 Å². The van der Waals surface area contributed by atoms with E-state index in [0.29, 0.717) is 5.75 Å². The molecule has 0 bridgehead atoms. The van der Waals surface area contributed by atoms with Crippen molar-refractivity contribution < 1.29 is 41.0 Å². The van der Waals surface area contributed by atoms with E-state index in [1.54, 1.807) is 0 Å². The van der Waals surface area contributed by atoms with Gasteiger partial charge in [0.05, 0.1) is 11.6 Å². The van der Waals surface area contributed by atoms with Crippen molar-refractivity contribution in [2.45, 2.75) is 56.6 Å². The fourth-order valence-electron chi connectivity index (χ4n) is 4.25. The third-order valence-electron chi connectivity index (χ3n) is 6.32. The monoisotopic (exact) mass is 540 g/mol. The minimum atomic E-state index is -5.09. The van der Waals surface area contributed by atoms with E-state index in [-0.39, 0.29) is 38.5 Å². The minimum absolute atomic E-state index is 0.0751. The number of nitrogens with one attached hydrogen (secondary N) is 1. The third-order valence-corrected chi connectivity index (χ3v) is 11.8. The largest absolute Gasteiger partial charge is 0.465 e. The molecule has 0 aliphatic carbocycles. The van der Waals surface area contributed by atoms with Gasteiger partial charge < -0.3 is 10.4 Å². The SMILES string of the molecule is CC(C)S1(C(C)C)CC(C(=O)Nc2ccc(-n3nc(C(F)(F)F)cc3C(F)(F)F)cc2)N(C(=O)O)C1. The molecule has 2 amide bonds. The van der Waals surface area contributed by atoms with Gasteiger partial charge in [0.1, 0.15) is 11.7 Å². The topological polar surface area (TPSA) is 87.5 Å². The lowest BCUT2D eigenvalue weighted by atomic mass is 10.2. The van der Waals surface area contributed by atoms with Crippen LogP contribution in [0.4, 0.5) is 36.8 Å². The van der Waals surface area contributed by atoms with Gasteiger partial charge in [0, 0.05) is 17.5 Å². The Morgan fingerprint density at radius 1 is 1.03 bits per heavy atom. The van der Waals surface area contributed by atoms with Gasteiger partial charge in [0.2, 0.25) is 5.91 Å². The molecule has 0 spiro atoms. The lowest BCUT2D eigenvalue weighted by molar-refractivity contribution is -0.143. The predicted octanol–water partition coefficient (Wildman–Crippen LogP) is 5.79. The summed E-state index contributed by atoms with van der Waals surface area (Å²) in [4.78, 5) is 26.0. The van der Waals surface area contributed by atoms with E-state index in [1.165, 1.54) is 12.1 Å². The summed E-state index contributed by atoms with van der Waals surface area (Å²) in [5.41, 5.74) is -3.45. The average Bonchev–Trinajstić information content (AvgIpc) is 3.38. The quantitative estimate of drug-likeness (QED) is 0.470. The Balaban J connectivity index is 1.86. The molecule has 3 rings (SSSR count). The van der Waals surface area contributed by atoms with Crippen molar-refractivity contribution in [2.24, 2.45) is 0 Å². The molecule has 0 radical (unpaired) electrons. The number of rotatable bonds is 5. The molecule has 1 aliphatic rings. The number of aromatic nitrogens is 2. The Hall–Kier alpha value is -2.90. The van der Waals surface area contributed by atoms with Crippen LogP contribution in [0.2, 0.25) is 0 Å². The molecule has 2 aromatic rings. The van der Waals surface area contributed by atoms with Crippen molar-refractivity contribution in [1.29, 1.82) is 0 Å². The zero-order chi connectivity index (χ0) is 27.2. The normalized spacial score (nSPS) is 19.1. The summed E-state index contributed by atoms with van der Waals surface area (Å²) in [6.45, 7) is 8.01. The van der Waals surface area contributed by atoms with Gasteiger partial charge in [-0.3, -0.25) is 9.69 Å². The second kappa shape index (κ2) is 9.52. The highest BCUT2D eigenvalue weighted by atomic mass is 32.3. The molecule has 1 saturated heterocycles. The highest BCUT2D eigenvalue weighted by Crippen LogP contribution is 2.61. The Morgan fingerprint density at radius 2 is 1.58 bits per heavy atom. The summed E-state index contributed by atoms with van der Waals surface area (Å²) in [7, 11) is -1.47. The van der Waals surface area contributed by atoms with Crippen molar-refractivity contribution in [1.82, 2.24) is 14.7 Å². The highest BCUT2D eigenvalue weighted by molar-refractivity contribution is 8.34. The summed E-state index contributed by atoms with van der Waals surface area (Å²) < 4.78 is 78.9. The van der Waals surface area contributed by atoms with Crippen LogP contribution in [0.25, 0.3) is 5.69 Å². The van der Waals surface area contributed by atoms with Crippen LogP contribution in [0, 0.1) is 0 Å². The molecule has 1 aromatic carbocycles. The number of alkyl halides is 6. The van der Waals surface area contributed by atoms with Crippen LogP contribution in [0.15, 0.2) is 30.3 Å². The van der Waals surface area contributed by atoms with Crippen LogP contribution in [0.1, 0.15) is 39.1 Å². The summed E-state index contributed by atoms with van der Waals surface area (Å²) in [6.07, 6.45) is -11.4. The van der Waals surface area contributed by atoms with Crippen molar-refractivity contribution in [2.75, 3.05) is 16.9 Å². The Morgan fingerprint density at radius 3 is 2.03 bits per heavy atom. The van der Waals surface area contributed by atoms with Crippen LogP contribution in [-0.2, 0) is 17.1 Å². The summed E-state index contributed by atoms with van der Waals surface area (Å²) in [5, 5.41) is 15.7. The van der Waals surface area contributed by atoms with Crippen LogP contribution >= 0.6 is 10.0 Å².